The highest BCUT2D eigenvalue weighted by atomic mass is 16.4. The second kappa shape index (κ2) is 6.45. The van der Waals surface area contributed by atoms with Crippen molar-refractivity contribution in [3.63, 3.8) is 0 Å². The van der Waals surface area contributed by atoms with E-state index in [1.165, 1.54) is 0 Å². The molecule has 1 amide bonds. The molecule has 2 heterocycles. The molecule has 0 bridgehead atoms. The lowest BCUT2D eigenvalue weighted by molar-refractivity contribution is 0.0779. The lowest BCUT2D eigenvalue weighted by Crippen LogP contribution is -2.30. The van der Waals surface area contributed by atoms with Crippen LogP contribution in [0.3, 0.4) is 0 Å². The predicted molar refractivity (Wildman–Crippen MR) is 102 cm³/mol. The molecule has 4 nitrogen and oxygen atoms in total. The highest BCUT2D eigenvalue weighted by molar-refractivity contribution is 6.00. The Hall–Kier alpha value is -2.88. The zero-order valence-corrected chi connectivity index (χ0v) is 15.1. The summed E-state index contributed by atoms with van der Waals surface area (Å²) in [6, 6.07) is 17.4. The van der Waals surface area contributed by atoms with Crippen molar-refractivity contribution in [2.45, 2.75) is 20.3 Å². The van der Waals surface area contributed by atoms with Crippen LogP contribution < -0.4 is 0 Å². The van der Waals surface area contributed by atoms with Crippen LogP contribution in [0.25, 0.3) is 22.8 Å². The summed E-state index contributed by atoms with van der Waals surface area (Å²) in [5.74, 6) is 1.22. The first-order valence-electron chi connectivity index (χ1n) is 8.93. The average molecular weight is 346 g/mol. The largest absolute Gasteiger partial charge is 0.436 e. The Bertz CT molecular complexity index is 928. The van der Waals surface area contributed by atoms with E-state index in [1.807, 2.05) is 59.5 Å². The molecule has 0 unspecified atom stereocenters. The summed E-state index contributed by atoms with van der Waals surface area (Å²) in [6.45, 7) is 5.97. The second-order valence-electron chi connectivity index (χ2n) is 7.58. The van der Waals surface area contributed by atoms with Crippen molar-refractivity contribution in [3.05, 3.63) is 66.4 Å². The third-order valence-corrected chi connectivity index (χ3v) is 4.92. The van der Waals surface area contributed by atoms with Crippen LogP contribution in [0.15, 0.2) is 65.2 Å². The van der Waals surface area contributed by atoms with E-state index >= 15 is 0 Å². The van der Waals surface area contributed by atoms with Crippen molar-refractivity contribution < 1.29 is 9.21 Å². The van der Waals surface area contributed by atoms with Crippen LogP contribution in [0.5, 0.6) is 0 Å². The maximum atomic E-state index is 13.1. The van der Waals surface area contributed by atoms with Gasteiger partial charge >= 0.3 is 0 Å². The van der Waals surface area contributed by atoms with Gasteiger partial charge in [-0.2, -0.15) is 0 Å². The van der Waals surface area contributed by atoms with Gasteiger partial charge < -0.3 is 9.32 Å². The molecule has 132 valence electrons. The van der Waals surface area contributed by atoms with Gasteiger partial charge in [-0.15, -0.1) is 0 Å². The third kappa shape index (κ3) is 3.15. The topological polar surface area (TPSA) is 46.3 Å². The van der Waals surface area contributed by atoms with Gasteiger partial charge in [0.15, 0.2) is 5.76 Å². The zero-order valence-electron chi connectivity index (χ0n) is 15.1. The number of aromatic nitrogens is 1. The van der Waals surface area contributed by atoms with Gasteiger partial charge in [0.2, 0.25) is 5.89 Å². The standard InChI is InChI=1S/C22H22N2O2/c1-22(2)12-13-24(15-22)21(25)18-11-7-6-10-17(18)20-23-14-19(26-20)16-8-4-3-5-9-16/h3-11,14H,12-13,15H2,1-2H3. The van der Waals surface area contributed by atoms with Crippen molar-refractivity contribution in [1.29, 1.82) is 0 Å². The minimum absolute atomic E-state index is 0.0469. The molecule has 0 N–H and O–H groups in total. The van der Waals surface area contributed by atoms with Gasteiger partial charge in [-0.3, -0.25) is 4.79 Å². The van der Waals surface area contributed by atoms with Gasteiger partial charge in [-0.1, -0.05) is 56.3 Å². The number of likely N-dealkylation sites (tertiary alicyclic amines) is 1. The van der Waals surface area contributed by atoms with Crippen LogP contribution in [0.1, 0.15) is 30.6 Å². The number of hydrogen-bond donors (Lipinski definition) is 0. The molecule has 26 heavy (non-hydrogen) atoms. The molecule has 2 aromatic carbocycles. The Balaban J connectivity index is 1.67. The van der Waals surface area contributed by atoms with Gasteiger partial charge in [0.25, 0.3) is 5.91 Å². The zero-order chi connectivity index (χ0) is 18.1. The molecule has 0 aliphatic carbocycles. The van der Waals surface area contributed by atoms with Gasteiger partial charge in [0, 0.05) is 24.2 Å². The third-order valence-electron chi connectivity index (χ3n) is 4.92. The Morgan fingerprint density at radius 2 is 1.81 bits per heavy atom. The molecule has 3 aromatic rings. The Kier molecular flexibility index (Phi) is 4.11. The van der Waals surface area contributed by atoms with E-state index < -0.39 is 0 Å². The van der Waals surface area contributed by atoms with Crippen molar-refractivity contribution in [3.8, 4) is 22.8 Å². The van der Waals surface area contributed by atoms with E-state index in [1.54, 1.807) is 6.20 Å². The van der Waals surface area contributed by atoms with Crippen molar-refractivity contribution in [2.24, 2.45) is 5.41 Å². The van der Waals surface area contributed by atoms with Gasteiger partial charge in [0.1, 0.15) is 0 Å². The number of carbonyl (C=O) groups is 1. The highest BCUT2D eigenvalue weighted by Gasteiger charge is 2.33. The molecule has 1 aliphatic rings. The monoisotopic (exact) mass is 346 g/mol. The average Bonchev–Trinajstić information content (AvgIpc) is 3.28. The van der Waals surface area contributed by atoms with E-state index in [2.05, 4.69) is 18.8 Å². The molecule has 0 radical (unpaired) electrons. The first-order chi connectivity index (χ1) is 12.5. The molecule has 1 aliphatic heterocycles. The maximum Gasteiger partial charge on any atom is 0.254 e. The van der Waals surface area contributed by atoms with Crippen LogP contribution in [0.2, 0.25) is 0 Å². The number of oxazole rings is 1. The fraction of sp³-hybridized carbons (Fsp3) is 0.273. The Labute approximate surface area is 153 Å². The lowest BCUT2D eigenvalue weighted by Gasteiger charge is -2.20. The number of carbonyl (C=O) groups excluding carboxylic acids is 1. The van der Waals surface area contributed by atoms with E-state index in [9.17, 15) is 4.79 Å². The minimum Gasteiger partial charge on any atom is -0.436 e. The number of benzene rings is 2. The van der Waals surface area contributed by atoms with E-state index in [-0.39, 0.29) is 11.3 Å². The van der Waals surface area contributed by atoms with Crippen LogP contribution in [-0.4, -0.2) is 28.9 Å². The van der Waals surface area contributed by atoms with Crippen LogP contribution in [0, 0.1) is 5.41 Å². The molecule has 0 spiro atoms. The van der Waals surface area contributed by atoms with Crippen LogP contribution in [-0.2, 0) is 0 Å². The molecule has 4 heteroatoms. The van der Waals surface area contributed by atoms with Gasteiger partial charge in [-0.25, -0.2) is 4.98 Å². The number of amides is 1. The maximum absolute atomic E-state index is 13.1. The Morgan fingerprint density at radius 1 is 1.08 bits per heavy atom. The minimum atomic E-state index is 0.0469. The molecular formula is C22H22N2O2. The fourth-order valence-electron chi connectivity index (χ4n) is 3.45. The highest BCUT2D eigenvalue weighted by Crippen LogP contribution is 2.32. The predicted octanol–water partition coefficient (Wildman–Crippen LogP) is 4.88. The van der Waals surface area contributed by atoms with Crippen molar-refractivity contribution in [1.82, 2.24) is 9.88 Å². The number of rotatable bonds is 3. The normalized spacial score (nSPS) is 16.0. The quantitative estimate of drug-likeness (QED) is 0.679. The SMILES string of the molecule is CC1(C)CCN(C(=O)c2ccccc2-c2ncc(-c3ccccc3)o2)C1. The number of nitrogens with zero attached hydrogens (tertiary/aromatic N) is 2. The van der Waals surface area contributed by atoms with Crippen LogP contribution in [0.4, 0.5) is 0 Å². The lowest BCUT2D eigenvalue weighted by atomic mass is 9.93. The first kappa shape index (κ1) is 16.6. The molecular weight excluding hydrogens is 324 g/mol. The Morgan fingerprint density at radius 3 is 2.54 bits per heavy atom. The summed E-state index contributed by atoms with van der Waals surface area (Å²) in [4.78, 5) is 19.4. The number of hydrogen-bond acceptors (Lipinski definition) is 3. The van der Waals surface area contributed by atoms with Gasteiger partial charge in [0.05, 0.1) is 11.8 Å². The molecule has 0 saturated carbocycles. The molecule has 1 saturated heterocycles. The summed E-state index contributed by atoms with van der Waals surface area (Å²) in [6.07, 6.45) is 2.74. The summed E-state index contributed by atoms with van der Waals surface area (Å²) in [7, 11) is 0. The van der Waals surface area contributed by atoms with Gasteiger partial charge in [-0.05, 0) is 24.0 Å². The van der Waals surface area contributed by atoms with E-state index in [0.717, 1.165) is 30.6 Å². The van der Waals surface area contributed by atoms with Crippen molar-refractivity contribution >= 4 is 5.91 Å². The van der Waals surface area contributed by atoms with Crippen LogP contribution >= 0.6 is 0 Å². The summed E-state index contributed by atoms with van der Waals surface area (Å²) >= 11 is 0. The van der Waals surface area contributed by atoms with E-state index in [4.69, 9.17) is 4.42 Å². The smallest absolute Gasteiger partial charge is 0.254 e. The summed E-state index contributed by atoms with van der Waals surface area (Å²) < 4.78 is 5.97. The molecule has 4 rings (SSSR count). The summed E-state index contributed by atoms with van der Waals surface area (Å²) in [5, 5.41) is 0. The second-order valence-corrected chi connectivity index (χ2v) is 7.58. The fourth-order valence-corrected chi connectivity index (χ4v) is 3.45. The summed E-state index contributed by atoms with van der Waals surface area (Å²) in [5.41, 5.74) is 2.53. The molecule has 1 aromatic heterocycles. The van der Waals surface area contributed by atoms with E-state index in [0.29, 0.717) is 17.2 Å². The molecule has 1 fully saturated rings. The first-order valence-corrected chi connectivity index (χ1v) is 8.93. The molecule has 0 atom stereocenters. The van der Waals surface area contributed by atoms with Crippen molar-refractivity contribution in [2.75, 3.05) is 13.1 Å².